The summed E-state index contributed by atoms with van der Waals surface area (Å²) in [4.78, 5) is 14.7. The van der Waals surface area contributed by atoms with E-state index in [1.165, 1.54) is 12.3 Å². The lowest BCUT2D eigenvalue weighted by Gasteiger charge is -2.33. The molecule has 0 aromatic carbocycles. The minimum atomic E-state index is -4.46. The predicted molar refractivity (Wildman–Crippen MR) is 115 cm³/mol. The van der Waals surface area contributed by atoms with Gasteiger partial charge >= 0.3 is 6.18 Å². The number of anilines is 2. The number of hydrogen-bond donors (Lipinski definition) is 2. The summed E-state index contributed by atoms with van der Waals surface area (Å²) < 4.78 is 41.7. The molecule has 12 heteroatoms. The molecule has 0 bridgehead atoms. The van der Waals surface area contributed by atoms with Crippen molar-refractivity contribution in [3.8, 4) is 0 Å². The van der Waals surface area contributed by atoms with Crippen LogP contribution in [0.1, 0.15) is 16.8 Å². The van der Waals surface area contributed by atoms with Crippen LogP contribution in [0.3, 0.4) is 0 Å². The number of rotatable bonds is 6. The third-order valence-corrected chi connectivity index (χ3v) is 5.69. The van der Waals surface area contributed by atoms with Gasteiger partial charge in [-0.2, -0.15) is 23.3 Å². The molecule has 0 unspecified atom stereocenters. The van der Waals surface area contributed by atoms with Crippen LogP contribution in [0.5, 0.6) is 0 Å². The van der Waals surface area contributed by atoms with Gasteiger partial charge in [0.1, 0.15) is 11.2 Å². The number of hydrogen-bond acceptors (Lipinski definition) is 7. The summed E-state index contributed by atoms with van der Waals surface area (Å²) in [6.07, 6.45) is 2.18. The van der Waals surface area contributed by atoms with E-state index in [0.717, 1.165) is 28.5 Å². The highest BCUT2D eigenvalue weighted by atomic mass is 19.4. The van der Waals surface area contributed by atoms with E-state index in [9.17, 15) is 18.3 Å². The zero-order valence-corrected chi connectivity index (χ0v) is 17.7. The SMILES string of the molecule is CN1c2nc(NCc3cnn(Cc4ccc(C(F)(F)F)nc4)c3)nc3ccn(c23)C[C@@H]1CO. The predicted octanol–water partition coefficient (Wildman–Crippen LogP) is 2.51. The molecule has 1 aliphatic rings. The van der Waals surface area contributed by atoms with Gasteiger partial charge in [-0.1, -0.05) is 6.07 Å². The van der Waals surface area contributed by atoms with Crippen LogP contribution >= 0.6 is 0 Å². The van der Waals surface area contributed by atoms with Crippen molar-refractivity contribution in [1.82, 2.24) is 29.3 Å². The quantitative estimate of drug-likeness (QED) is 0.458. The molecule has 1 atom stereocenters. The minimum absolute atomic E-state index is 0.0238. The third kappa shape index (κ3) is 4.09. The molecular formula is C21H21F3N8O. The number of halogens is 3. The van der Waals surface area contributed by atoms with Crippen molar-refractivity contribution in [3.63, 3.8) is 0 Å². The summed E-state index contributed by atoms with van der Waals surface area (Å²) in [5, 5.41) is 17.2. The van der Waals surface area contributed by atoms with Gasteiger partial charge in [0.2, 0.25) is 5.95 Å². The summed E-state index contributed by atoms with van der Waals surface area (Å²) in [5.41, 5.74) is 2.32. The van der Waals surface area contributed by atoms with E-state index in [1.807, 2.05) is 24.2 Å². The van der Waals surface area contributed by atoms with E-state index in [2.05, 4.69) is 29.9 Å². The number of aliphatic hydroxyl groups excluding tert-OH is 1. The lowest BCUT2D eigenvalue weighted by Crippen LogP contribution is -2.41. The highest BCUT2D eigenvalue weighted by Crippen LogP contribution is 2.31. The average molecular weight is 458 g/mol. The molecular weight excluding hydrogens is 437 g/mol. The number of nitrogens with one attached hydrogen (secondary N) is 1. The van der Waals surface area contributed by atoms with Crippen LogP contribution in [0.15, 0.2) is 43.0 Å². The summed E-state index contributed by atoms with van der Waals surface area (Å²) in [6, 6.07) is 4.22. The first-order valence-corrected chi connectivity index (χ1v) is 10.3. The van der Waals surface area contributed by atoms with Gasteiger partial charge in [-0.15, -0.1) is 0 Å². The third-order valence-electron chi connectivity index (χ3n) is 5.69. The fourth-order valence-electron chi connectivity index (χ4n) is 3.90. The maximum Gasteiger partial charge on any atom is 0.433 e. The monoisotopic (exact) mass is 458 g/mol. The number of aromatic nitrogens is 6. The van der Waals surface area contributed by atoms with Gasteiger partial charge in [0, 0.05) is 44.3 Å². The smallest absolute Gasteiger partial charge is 0.394 e. The molecule has 2 N–H and O–H groups in total. The van der Waals surface area contributed by atoms with Crippen molar-refractivity contribution in [2.24, 2.45) is 0 Å². The second-order valence-corrected chi connectivity index (χ2v) is 7.97. The standard InChI is InChI=1S/C21H21F3N8O/c1-30-15(12-33)11-31-5-4-16-18(31)19(30)29-20(28-16)26-7-14-8-27-32(10-14)9-13-2-3-17(25-6-13)21(22,23)24/h2-6,8,10,15,33H,7,9,11-12H2,1H3,(H,26,28,29)/t15-/m1/s1. The fraction of sp³-hybridized carbons (Fsp3) is 0.333. The van der Waals surface area contributed by atoms with E-state index in [4.69, 9.17) is 0 Å². The maximum absolute atomic E-state index is 12.7. The van der Waals surface area contributed by atoms with Gasteiger partial charge in [0.05, 0.1) is 30.9 Å². The van der Waals surface area contributed by atoms with Crippen LogP contribution < -0.4 is 10.2 Å². The molecule has 4 aromatic heterocycles. The Kier molecular flexibility index (Phi) is 5.16. The fourth-order valence-corrected chi connectivity index (χ4v) is 3.90. The molecule has 0 spiro atoms. The van der Waals surface area contributed by atoms with E-state index in [0.29, 0.717) is 31.1 Å². The molecule has 0 radical (unpaired) electrons. The molecule has 1 aliphatic heterocycles. The van der Waals surface area contributed by atoms with Gasteiger partial charge in [0.15, 0.2) is 5.82 Å². The first-order valence-electron chi connectivity index (χ1n) is 10.3. The van der Waals surface area contributed by atoms with E-state index >= 15 is 0 Å². The Morgan fingerprint density at radius 1 is 1.15 bits per heavy atom. The van der Waals surface area contributed by atoms with Crippen LogP contribution in [-0.2, 0) is 25.8 Å². The molecule has 0 amide bonds. The maximum atomic E-state index is 12.7. The zero-order valence-electron chi connectivity index (χ0n) is 17.7. The van der Waals surface area contributed by atoms with Crippen LogP contribution in [0, 0.1) is 0 Å². The molecule has 5 heterocycles. The second kappa shape index (κ2) is 8.03. The normalized spacial score (nSPS) is 15.9. The molecule has 0 saturated heterocycles. The molecule has 5 rings (SSSR count). The summed E-state index contributed by atoms with van der Waals surface area (Å²) >= 11 is 0. The number of nitrogens with zero attached hydrogens (tertiary/aromatic N) is 7. The summed E-state index contributed by atoms with van der Waals surface area (Å²) in [7, 11) is 1.91. The number of likely N-dealkylation sites (N-methyl/N-ethyl adjacent to an activating group) is 1. The molecule has 0 fully saturated rings. The van der Waals surface area contributed by atoms with Gasteiger partial charge < -0.3 is 19.9 Å². The van der Waals surface area contributed by atoms with Crippen molar-refractivity contribution in [2.45, 2.75) is 31.9 Å². The average Bonchev–Trinajstić information content (AvgIpc) is 3.41. The van der Waals surface area contributed by atoms with Crippen LogP contribution in [0.25, 0.3) is 11.0 Å². The zero-order chi connectivity index (χ0) is 23.2. The second-order valence-electron chi connectivity index (χ2n) is 7.97. The van der Waals surface area contributed by atoms with Crippen molar-refractivity contribution >= 4 is 22.8 Å². The van der Waals surface area contributed by atoms with Gasteiger partial charge in [-0.05, 0) is 17.7 Å². The minimum Gasteiger partial charge on any atom is -0.394 e. The summed E-state index contributed by atoms with van der Waals surface area (Å²) in [5.74, 6) is 1.21. The first kappa shape index (κ1) is 21.2. The Hall–Kier alpha value is -3.67. The van der Waals surface area contributed by atoms with Crippen molar-refractivity contribution < 1.29 is 18.3 Å². The topological polar surface area (TPSA) is 96.9 Å². The number of alkyl halides is 3. The van der Waals surface area contributed by atoms with Crippen LogP contribution in [0.4, 0.5) is 24.9 Å². The first-order chi connectivity index (χ1) is 15.8. The molecule has 33 heavy (non-hydrogen) atoms. The van der Waals surface area contributed by atoms with Crippen LogP contribution in [-0.4, -0.2) is 54.1 Å². The Labute approximate surface area is 186 Å². The van der Waals surface area contributed by atoms with Crippen molar-refractivity contribution in [3.05, 3.63) is 59.8 Å². The Morgan fingerprint density at radius 2 is 2.00 bits per heavy atom. The number of aliphatic hydroxyl groups is 1. The largest absolute Gasteiger partial charge is 0.433 e. The van der Waals surface area contributed by atoms with Gasteiger partial charge in [0.25, 0.3) is 0 Å². The molecule has 4 aromatic rings. The molecule has 0 saturated carbocycles. The van der Waals surface area contributed by atoms with Gasteiger partial charge in [-0.25, -0.2) is 4.98 Å². The lowest BCUT2D eigenvalue weighted by atomic mass is 10.2. The Bertz CT molecular complexity index is 1280. The Morgan fingerprint density at radius 3 is 2.73 bits per heavy atom. The molecule has 0 aliphatic carbocycles. The lowest BCUT2D eigenvalue weighted by molar-refractivity contribution is -0.141. The van der Waals surface area contributed by atoms with Crippen molar-refractivity contribution in [1.29, 1.82) is 0 Å². The number of pyridine rings is 1. The van der Waals surface area contributed by atoms with Gasteiger partial charge in [-0.3, -0.25) is 9.67 Å². The van der Waals surface area contributed by atoms with Crippen molar-refractivity contribution in [2.75, 3.05) is 23.9 Å². The van der Waals surface area contributed by atoms with E-state index in [1.54, 1.807) is 17.1 Å². The molecule has 9 nitrogen and oxygen atoms in total. The highest BCUT2D eigenvalue weighted by molar-refractivity contribution is 5.89. The van der Waals surface area contributed by atoms with Crippen LogP contribution in [0.2, 0.25) is 0 Å². The Balaban J connectivity index is 1.28. The highest BCUT2D eigenvalue weighted by Gasteiger charge is 2.32. The van der Waals surface area contributed by atoms with E-state index in [-0.39, 0.29) is 12.6 Å². The summed E-state index contributed by atoms with van der Waals surface area (Å²) in [6.45, 7) is 1.42. The molecule has 172 valence electrons. The van der Waals surface area contributed by atoms with E-state index < -0.39 is 11.9 Å².